The Morgan fingerprint density at radius 2 is 2.00 bits per heavy atom. The minimum Gasteiger partial charge on any atom is -0.504 e. The van der Waals surface area contributed by atoms with Gasteiger partial charge in [-0.1, -0.05) is 5.16 Å². The van der Waals surface area contributed by atoms with Crippen molar-refractivity contribution < 1.29 is 42.6 Å². The summed E-state index contributed by atoms with van der Waals surface area (Å²) in [7, 11) is -3.42. The predicted molar refractivity (Wildman–Crippen MR) is 107 cm³/mol. The molecule has 13 heteroatoms. The molecule has 12 nitrogen and oxygen atoms in total. The van der Waals surface area contributed by atoms with Crippen molar-refractivity contribution in [2.45, 2.75) is 43.6 Å². The summed E-state index contributed by atoms with van der Waals surface area (Å²) in [6.07, 6.45) is 0.110. The highest BCUT2D eigenvalue weighted by Crippen LogP contribution is 2.37. The summed E-state index contributed by atoms with van der Waals surface area (Å²) in [6.45, 7) is 2.53. The van der Waals surface area contributed by atoms with Gasteiger partial charge in [0.2, 0.25) is 5.91 Å². The van der Waals surface area contributed by atoms with Crippen LogP contribution in [0.3, 0.4) is 0 Å². The number of hydrogen-bond acceptors (Lipinski definition) is 9. The molecule has 2 heterocycles. The fourth-order valence-corrected chi connectivity index (χ4v) is 4.25. The van der Waals surface area contributed by atoms with Crippen molar-refractivity contribution in [2.24, 2.45) is 0 Å². The van der Waals surface area contributed by atoms with Gasteiger partial charge in [-0.25, -0.2) is 13.2 Å². The molecule has 1 aliphatic rings. The van der Waals surface area contributed by atoms with E-state index in [9.17, 15) is 38.1 Å². The predicted octanol–water partition coefficient (Wildman–Crippen LogP) is -0.0836. The molecule has 1 fully saturated rings. The van der Waals surface area contributed by atoms with Crippen LogP contribution in [-0.4, -0.2) is 63.7 Å². The standard InChI is InChI=1S/C19H21N3O9S/c1-9-5-15(25)22(9)16(18(27)28)19(2,32(29)30)14-7-11(31-21-14)8-20-17(26)10-3-4-12(23)13(24)6-10/h3-4,6-7,9,16,23-24,32H,5,8H2,1-2H3,(H,20,26)(H,27,28)/t9-,16+,19+/m1/s1. The number of carbonyl (C=O) groups is 3. The average molecular weight is 467 g/mol. The van der Waals surface area contributed by atoms with Crippen LogP contribution in [0, 0.1) is 0 Å². The Morgan fingerprint density at radius 1 is 1.31 bits per heavy atom. The lowest BCUT2D eigenvalue weighted by Gasteiger charge is -2.46. The second-order valence-electron chi connectivity index (χ2n) is 7.56. The summed E-state index contributed by atoms with van der Waals surface area (Å²) < 4.78 is 27.4. The topological polar surface area (TPSA) is 187 Å². The summed E-state index contributed by atoms with van der Waals surface area (Å²) in [5.74, 6) is -3.46. The number of benzene rings is 1. The van der Waals surface area contributed by atoms with Crippen LogP contribution in [0.1, 0.15) is 42.1 Å². The summed E-state index contributed by atoms with van der Waals surface area (Å²) in [6, 6.07) is 2.50. The number of aliphatic carboxylic acids is 1. The van der Waals surface area contributed by atoms with E-state index in [-0.39, 0.29) is 30.0 Å². The van der Waals surface area contributed by atoms with E-state index in [1.165, 1.54) is 12.1 Å². The molecule has 1 aromatic carbocycles. The molecule has 0 bridgehead atoms. The molecule has 32 heavy (non-hydrogen) atoms. The number of carboxylic acid groups (broad SMARTS) is 1. The summed E-state index contributed by atoms with van der Waals surface area (Å²) in [4.78, 5) is 37.2. The molecular formula is C19H21N3O9S. The zero-order valence-corrected chi connectivity index (χ0v) is 17.9. The number of rotatable bonds is 8. The van der Waals surface area contributed by atoms with Crippen LogP contribution < -0.4 is 5.32 Å². The van der Waals surface area contributed by atoms with Crippen LogP contribution >= 0.6 is 0 Å². The van der Waals surface area contributed by atoms with Crippen molar-refractivity contribution in [3.8, 4) is 11.5 Å². The van der Waals surface area contributed by atoms with Crippen molar-refractivity contribution in [1.82, 2.24) is 15.4 Å². The van der Waals surface area contributed by atoms with E-state index in [1.54, 1.807) is 6.92 Å². The molecule has 0 aliphatic carbocycles. The number of carboxylic acids is 1. The Kier molecular flexibility index (Phi) is 6.12. The molecular weight excluding hydrogens is 446 g/mol. The van der Waals surface area contributed by atoms with E-state index in [4.69, 9.17) is 4.52 Å². The van der Waals surface area contributed by atoms with Crippen LogP contribution in [0.2, 0.25) is 0 Å². The highest BCUT2D eigenvalue weighted by molar-refractivity contribution is 7.73. The molecule has 172 valence electrons. The number of phenolic OH excluding ortho intramolecular Hbond substituents is 2. The molecule has 1 saturated heterocycles. The number of nitrogens with zero attached hydrogens (tertiary/aromatic N) is 2. The van der Waals surface area contributed by atoms with Crippen LogP contribution in [0.25, 0.3) is 0 Å². The quantitative estimate of drug-likeness (QED) is 0.199. The van der Waals surface area contributed by atoms with Gasteiger partial charge < -0.3 is 30.1 Å². The number of hydrogen-bond donors (Lipinski definition) is 5. The first-order valence-corrected chi connectivity index (χ1v) is 10.6. The van der Waals surface area contributed by atoms with Gasteiger partial charge in [-0.05, 0) is 32.0 Å². The number of carbonyl (C=O) groups excluding carboxylic acids is 2. The number of aromatic hydroxyl groups is 2. The van der Waals surface area contributed by atoms with Crippen molar-refractivity contribution in [3.05, 3.63) is 41.3 Å². The maximum Gasteiger partial charge on any atom is 0.328 e. The lowest BCUT2D eigenvalue weighted by molar-refractivity contribution is -0.163. The second kappa shape index (κ2) is 8.49. The number of thiol groups is 1. The van der Waals surface area contributed by atoms with Gasteiger partial charge in [-0.2, -0.15) is 0 Å². The summed E-state index contributed by atoms with van der Waals surface area (Å²) in [5, 5.41) is 34.7. The Balaban J connectivity index is 1.83. The van der Waals surface area contributed by atoms with Gasteiger partial charge in [0.1, 0.15) is 10.4 Å². The minimum atomic E-state index is -3.42. The lowest BCUT2D eigenvalue weighted by Crippen LogP contribution is -2.65. The first-order valence-electron chi connectivity index (χ1n) is 9.41. The fraction of sp³-hybridized carbons (Fsp3) is 0.368. The maximum absolute atomic E-state index is 12.2. The third-order valence-corrected chi connectivity index (χ3v) is 6.63. The van der Waals surface area contributed by atoms with Crippen LogP contribution in [-0.2, 0) is 31.6 Å². The molecule has 4 N–H and O–H groups in total. The first-order chi connectivity index (χ1) is 15.0. The largest absolute Gasteiger partial charge is 0.504 e. The molecule has 2 aromatic rings. The van der Waals surface area contributed by atoms with Crippen LogP contribution in [0.4, 0.5) is 0 Å². The third kappa shape index (κ3) is 3.98. The van der Waals surface area contributed by atoms with Crippen LogP contribution in [0.15, 0.2) is 28.8 Å². The van der Waals surface area contributed by atoms with E-state index in [0.717, 1.165) is 24.0 Å². The van der Waals surface area contributed by atoms with Gasteiger partial charge in [0, 0.05) is 24.1 Å². The van der Waals surface area contributed by atoms with Gasteiger partial charge in [0.15, 0.2) is 34.0 Å². The molecule has 2 amide bonds. The minimum absolute atomic E-state index is 0.0338. The number of aromatic nitrogens is 1. The average Bonchev–Trinajstić information content (AvgIpc) is 3.20. The Labute approximate surface area is 183 Å². The summed E-state index contributed by atoms with van der Waals surface area (Å²) in [5.41, 5.74) is -0.178. The van der Waals surface area contributed by atoms with E-state index >= 15 is 0 Å². The molecule has 0 radical (unpaired) electrons. The Bertz CT molecular complexity index is 1150. The number of phenols is 2. The molecule has 1 aliphatic heterocycles. The van der Waals surface area contributed by atoms with E-state index in [2.05, 4.69) is 10.5 Å². The van der Waals surface area contributed by atoms with Crippen molar-refractivity contribution >= 4 is 28.5 Å². The van der Waals surface area contributed by atoms with Crippen molar-refractivity contribution in [2.75, 3.05) is 0 Å². The normalized spacial score (nSPS) is 18.7. The van der Waals surface area contributed by atoms with Gasteiger partial charge in [-0.3, -0.25) is 9.59 Å². The fourth-order valence-electron chi connectivity index (χ4n) is 3.52. The van der Waals surface area contributed by atoms with Crippen molar-refractivity contribution in [1.29, 1.82) is 0 Å². The Hall–Kier alpha value is -3.61. The molecule has 3 atom stereocenters. The highest BCUT2D eigenvalue weighted by atomic mass is 32.2. The number of likely N-dealkylation sites (tertiary alicyclic amines) is 1. The zero-order chi connectivity index (χ0) is 23.8. The highest BCUT2D eigenvalue weighted by Gasteiger charge is 2.55. The number of nitrogens with one attached hydrogen (secondary N) is 1. The van der Waals surface area contributed by atoms with E-state index in [1.807, 2.05) is 0 Å². The Morgan fingerprint density at radius 3 is 2.53 bits per heavy atom. The van der Waals surface area contributed by atoms with Crippen molar-refractivity contribution in [3.63, 3.8) is 0 Å². The molecule has 3 rings (SSSR count). The molecule has 0 spiro atoms. The molecule has 0 saturated carbocycles. The van der Waals surface area contributed by atoms with Gasteiger partial charge >= 0.3 is 5.97 Å². The SMILES string of the molecule is C[C@@H]1CC(=O)N1[C@@H](C(=O)O)[C@](C)(c1cc(CNC(=O)c2ccc(O)c(O)c2)on1)[SH](=O)=O. The van der Waals surface area contributed by atoms with E-state index in [0.29, 0.717) is 0 Å². The zero-order valence-electron chi connectivity index (χ0n) is 17.0. The van der Waals surface area contributed by atoms with Crippen LogP contribution in [0.5, 0.6) is 11.5 Å². The molecule has 0 unspecified atom stereocenters. The third-order valence-electron chi connectivity index (χ3n) is 5.39. The number of β-lactam (4-membered cyclic amide) rings is 1. The van der Waals surface area contributed by atoms with Gasteiger partial charge in [-0.15, -0.1) is 0 Å². The first kappa shape index (κ1) is 23.1. The molecule has 1 aromatic heterocycles. The van der Waals surface area contributed by atoms with Gasteiger partial charge in [0.25, 0.3) is 5.91 Å². The number of amides is 2. The smallest absolute Gasteiger partial charge is 0.328 e. The van der Waals surface area contributed by atoms with E-state index < -0.39 is 56.8 Å². The van der Waals surface area contributed by atoms with Gasteiger partial charge in [0.05, 0.1) is 6.54 Å². The maximum atomic E-state index is 12.2. The summed E-state index contributed by atoms with van der Waals surface area (Å²) >= 11 is 0. The monoisotopic (exact) mass is 467 g/mol. The lowest BCUT2D eigenvalue weighted by atomic mass is 9.89. The second-order valence-corrected chi connectivity index (χ2v) is 9.01.